The normalized spacial score (nSPS) is 33.4. The lowest BCUT2D eigenvalue weighted by atomic mass is 10.2. The van der Waals surface area contributed by atoms with Crippen molar-refractivity contribution in [2.45, 2.75) is 44.0 Å². The van der Waals surface area contributed by atoms with Crippen molar-refractivity contribution in [1.29, 1.82) is 0 Å². The van der Waals surface area contributed by atoms with Crippen molar-refractivity contribution in [3.05, 3.63) is 0 Å². The predicted octanol–water partition coefficient (Wildman–Crippen LogP) is -2.22. The van der Waals surface area contributed by atoms with E-state index >= 15 is 0 Å². The minimum atomic E-state index is -1.13. The second-order valence-corrected chi connectivity index (χ2v) is 4.79. The molecule has 0 saturated carbocycles. The summed E-state index contributed by atoms with van der Waals surface area (Å²) in [4.78, 5) is 34.8. The average molecular weight is 303 g/mol. The highest BCUT2D eigenvalue weighted by Crippen LogP contribution is 2.05. The zero-order valence-electron chi connectivity index (χ0n) is 11.8. The summed E-state index contributed by atoms with van der Waals surface area (Å²) in [7, 11) is 0. The van der Waals surface area contributed by atoms with Gasteiger partial charge in [0.25, 0.3) is 0 Å². The predicted molar refractivity (Wildman–Crippen MR) is 70.6 cm³/mol. The standard InChI is InChI=1S/C12H21N3O6/c1-6-9(15)12(18)20-5-2-7(13)10(16)19-4-3-8(14)11(17)21-6/h6-9H,2-5,13-15H2,1H3/t6-,7+,8+,9+/m1/s1. The fourth-order valence-corrected chi connectivity index (χ4v) is 1.55. The molecule has 0 aromatic rings. The van der Waals surface area contributed by atoms with Crippen LogP contribution in [-0.4, -0.2) is 55.4 Å². The zero-order valence-corrected chi connectivity index (χ0v) is 11.8. The van der Waals surface area contributed by atoms with E-state index in [2.05, 4.69) is 0 Å². The van der Waals surface area contributed by atoms with Crippen molar-refractivity contribution in [1.82, 2.24) is 0 Å². The third-order valence-corrected chi connectivity index (χ3v) is 3.03. The second-order valence-electron chi connectivity index (χ2n) is 4.79. The zero-order chi connectivity index (χ0) is 16.0. The first kappa shape index (κ1) is 17.3. The Kier molecular flexibility index (Phi) is 6.53. The molecule has 1 rings (SSSR count). The molecule has 0 spiro atoms. The van der Waals surface area contributed by atoms with E-state index in [9.17, 15) is 14.4 Å². The van der Waals surface area contributed by atoms with Crippen LogP contribution in [0.15, 0.2) is 0 Å². The number of ether oxygens (including phenoxy) is 3. The van der Waals surface area contributed by atoms with E-state index in [1.165, 1.54) is 6.92 Å². The Balaban J connectivity index is 2.74. The Labute approximate surface area is 122 Å². The van der Waals surface area contributed by atoms with E-state index in [0.717, 1.165) is 0 Å². The van der Waals surface area contributed by atoms with Crippen LogP contribution in [0.3, 0.4) is 0 Å². The van der Waals surface area contributed by atoms with Gasteiger partial charge >= 0.3 is 17.9 Å². The number of esters is 3. The molecule has 0 bridgehead atoms. The highest BCUT2D eigenvalue weighted by atomic mass is 16.6. The van der Waals surface area contributed by atoms with Gasteiger partial charge in [0.05, 0.1) is 13.2 Å². The lowest BCUT2D eigenvalue weighted by molar-refractivity contribution is -0.160. The monoisotopic (exact) mass is 303 g/mol. The maximum atomic E-state index is 11.7. The molecule has 0 amide bonds. The van der Waals surface area contributed by atoms with Gasteiger partial charge < -0.3 is 31.4 Å². The topological polar surface area (TPSA) is 157 Å². The van der Waals surface area contributed by atoms with Crippen LogP contribution < -0.4 is 17.2 Å². The molecule has 4 atom stereocenters. The highest BCUT2D eigenvalue weighted by Gasteiger charge is 2.28. The fourth-order valence-electron chi connectivity index (χ4n) is 1.55. The van der Waals surface area contributed by atoms with E-state index in [0.29, 0.717) is 0 Å². The van der Waals surface area contributed by atoms with Crippen molar-refractivity contribution in [3.8, 4) is 0 Å². The maximum Gasteiger partial charge on any atom is 0.326 e. The molecule has 0 aromatic heterocycles. The molecule has 1 heterocycles. The van der Waals surface area contributed by atoms with Crippen LogP contribution in [0.5, 0.6) is 0 Å². The molecule has 9 heteroatoms. The second kappa shape index (κ2) is 7.91. The number of cyclic esters (lactones) is 3. The third kappa shape index (κ3) is 5.29. The quantitative estimate of drug-likeness (QED) is 0.333. The Hall–Kier alpha value is -1.71. The smallest absolute Gasteiger partial charge is 0.326 e. The van der Waals surface area contributed by atoms with Crippen LogP contribution >= 0.6 is 0 Å². The highest BCUT2D eigenvalue weighted by molar-refractivity contribution is 5.79. The maximum absolute atomic E-state index is 11.7. The van der Waals surface area contributed by atoms with Gasteiger partial charge in [0, 0.05) is 12.8 Å². The molecular weight excluding hydrogens is 282 g/mol. The molecule has 1 aliphatic rings. The van der Waals surface area contributed by atoms with Crippen LogP contribution in [-0.2, 0) is 28.6 Å². The van der Waals surface area contributed by atoms with Gasteiger partial charge in [0.1, 0.15) is 24.2 Å². The Bertz CT molecular complexity index is 402. The number of rotatable bonds is 0. The molecule has 0 aromatic carbocycles. The van der Waals surface area contributed by atoms with Crippen molar-refractivity contribution >= 4 is 17.9 Å². The number of hydrogen-bond donors (Lipinski definition) is 3. The van der Waals surface area contributed by atoms with Crippen LogP contribution in [0.25, 0.3) is 0 Å². The Morgan fingerprint density at radius 3 is 1.90 bits per heavy atom. The minimum Gasteiger partial charge on any atom is -0.464 e. The van der Waals surface area contributed by atoms with Gasteiger partial charge in [-0.2, -0.15) is 0 Å². The van der Waals surface area contributed by atoms with E-state index in [1.54, 1.807) is 0 Å². The molecule has 0 aliphatic carbocycles. The third-order valence-electron chi connectivity index (χ3n) is 3.03. The summed E-state index contributed by atoms with van der Waals surface area (Å²) in [5, 5.41) is 0. The van der Waals surface area contributed by atoms with Crippen molar-refractivity contribution in [2.75, 3.05) is 13.2 Å². The first-order chi connectivity index (χ1) is 9.82. The van der Waals surface area contributed by atoms with Crippen molar-refractivity contribution in [3.63, 3.8) is 0 Å². The van der Waals surface area contributed by atoms with Gasteiger partial charge in [-0.1, -0.05) is 0 Å². The lowest BCUT2D eigenvalue weighted by Gasteiger charge is -2.22. The number of carbonyl (C=O) groups excluding carboxylic acids is 3. The van der Waals surface area contributed by atoms with Crippen LogP contribution in [0, 0.1) is 0 Å². The van der Waals surface area contributed by atoms with Crippen molar-refractivity contribution in [2.24, 2.45) is 17.2 Å². The summed E-state index contributed by atoms with van der Waals surface area (Å²) in [5.74, 6) is -2.13. The Morgan fingerprint density at radius 2 is 1.33 bits per heavy atom. The average Bonchev–Trinajstić information content (AvgIpc) is 2.44. The van der Waals surface area contributed by atoms with Crippen LogP contribution in [0.4, 0.5) is 0 Å². The molecule has 120 valence electrons. The molecule has 1 fully saturated rings. The van der Waals surface area contributed by atoms with E-state index in [-0.39, 0.29) is 26.1 Å². The van der Waals surface area contributed by atoms with E-state index in [1.807, 2.05) is 0 Å². The molecule has 21 heavy (non-hydrogen) atoms. The molecule has 1 saturated heterocycles. The SMILES string of the molecule is C[C@H]1OC(=O)[C@@H](N)CCOC(=O)[C@@H](N)CCOC(=O)[C@H]1N. The number of carbonyl (C=O) groups is 3. The van der Waals surface area contributed by atoms with Gasteiger partial charge in [-0.25, -0.2) is 0 Å². The van der Waals surface area contributed by atoms with Crippen LogP contribution in [0.2, 0.25) is 0 Å². The molecule has 1 aliphatic heterocycles. The molecule has 6 N–H and O–H groups in total. The fraction of sp³-hybridized carbons (Fsp3) is 0.750. The summed E-state index contributed by atoms with van der Waals surface area (Å²) in [6.07, 6.45) is -0.684. The minimum absolute atomic E-state index is 0.0526. The Morgan fingerprint density at radius 1 is 0.857 bits per heavy atom. The van der Waals surface area contributed by atoms with Gasteiger partial charge in [-0.05, 0) is 6.92 Å². The van der Waals surface area contributed by atoms with Gasteiger partial charge in [-0.3, -0.25) is 14.4 Å². The van der Waals surface area contributed by atoms with Gasteiger partial charge in [-0.15, -0.1) is 0 Å². The molecule has 0 unspecified atom stereocenters. The molecule has 0 radical (unpaired) electrons. The lowest BCUT2D eigenvalue weighted by Crippen LogP contribution is -2.47. The van der Waals surface area contributed by atoms with Crippen LogP contribution in [0.1, 0.15) is 19.8 Å². The van der Waals surface area contributed by atoms with Crippen molar-refractivity contribution < 1.29 is 28.6 Å². The van der Waals surface area contributed by atoms with E-state index in [4.69, 9.17) is 31.4 Å². The number of nitrogens with two attached hydrogens (primary N) is 3. The number of hydrogen-bond acceptors (Lipinski definition) is 9. The summed E-state index contributed by atoms with van der Waals surface area (Å²) in [5.41, 5.74) is 16.8. The summed E-state index contributed by atoms with van der Waals surface area (Å²) < 4.78 is 14.7. The first-order valence-corrected chi connectivity index (χ1v) is 6.63. The summed E-state index contributed by atoms with van der Waals surface area (Å²) in [6.45, 7) is 1.33. The van der Waals surface area contributed by atoms with Gasteiger partial charge in [0.2, 0.25) is 0 Å². The molecular formula is C12H21N3O6. The largest absolute Gasteiger partial charge is 0.464 e. The summed E-state index contributed by atoms with van der Waals surface area (Å²) in [6, 6.07) is -3.03. The van der Waals surface area contributed by atoms with Gasteiger partial charge in [0.15, 0.2) is 0 Å². The molecule has 9 nitrogen and oxygen atoms in total. The summed E-state index contributed by atoms with van der Waals surface area (Å²) >= 11 is 0. The first-order valence-electron chi connectivity index (χ1n) is 6.63. The van der Waals surface area contributed by atoms with E-state index < -0.39 is 42.1 Å².